The summed E-state index contributed by atoms with van der Waals surface area (Å²) in [5, 5.41) is 18.8. The second-order valence-corrected chi connectivity index (χ2v) is 5.48. The molecule has 0 unspecified atom stereocenters. The second kappa shape index (κ2) is 10.2. The Kier molecular flexibility index (Phi) is 8.84. The van der Waals surface area contributed by atoms with Gasteiger partial charge in [-0.1, -0.05) is 38.5 Å². The number of ether oxygens (including phenoxy) is 1. The standard InChI is InChI=1S/C15H28O4/c16-12-11-13(17)14-9-7-5-3-1-2-4-6-8-10-15(18)19-14/h13-14,16-17H,1-12H2/t13-,14+/m0/s1. The number of hydrogen-bond acceptors (Lipinski definition) is 4. The molecule has 0 aromatic heterocycles. The van der Waals surface area contributed by atoms with Crippen molar-refractivity contribution < 1.29 is 19.7 Å². The number of carbonyl (C=O) groups excluding carboxylic acids is 1. The molecule has 1 aliphatic rings. The Bertz CT molecular complexity index is 242. The van der Waals surface area contributed by atoms with Crippen LogP contribution >= 0.6 is 0 Å². The van der Waals surface area contributed by atoms with Crippen molar-refractivity contribution in [3.8, 4) is 0 Å². The van der Waals surface area contributed by atoms with Crippen LogP contribution in [0.15, 0.2) is 0 Å². The first-order valence-electron chi connectivity index (χ1n) is 7.72. The van der Waals surface area contributed by atoms with Gasteiger partial charge in [-0.3, -0.25) is 4.79 Å². The molecular formula is C15H28O4. The summed E-state index contributed by atoms with van der Waals surface area (Å²) in [7, 11) is 0. The lowest BCUT2D eigenvalue weighted by atomic mass is 10.0. The van der Waals surface area contributed by atoms with Crippen LogP contribution < -0.4 is 0 Å². The largest absolute Gasteiger partial charge is 0.460 e. The molecule has 0 aliphatic carbocycles. The first kappa shape index (κ1) is 16.4. The van der Waals surface area contributed by atoms with Gasteiger partial charge in [0.1, 0.15) is 6.10 Å². The lowest BCUT2D eigenvalue weighted by Crippen LogP contribution is -2.32. The van der Waals surface area contributed by atoms with E-state index in [9.17, 15) is 9.90 Å². The van der Waals surface area contributed by atoms with E-state index in [2.05, 4.69) is 0 Å². The van der Waals surface area contributed by atoms with E-state index in [4.69, 9.17) is 9.84 Å². The van der Waals surface area contributed by atoms with Crippen LogP contribution in [0.3, 0.4) is 0 Å². The predicted octanol–water partition coefficient (Wildman–Crippen LogP) is 2.56. The summed E-state index contributed by atoms with van der Waals surface area (Å²) >= 11 is 0. The Balaban J connectivity index is 2.47. The Hall–Kier alpha value is -0.610. The van der Waals surface area contributed by atoms with Crippen molar-refractivity contribution in [1.29, 1.82) is 0 Å². The van der Waals surface area contributed by atoms with Crippen molar-refractivity contribution in [2.45, 2.75) is 82.8 Å². The number of esters is 1. The molecule has 2 N–H and O–H groups in total. The molecule has 1 aliphatic heterocycles. The fourth-order valence-corrected chi connectivity index (χ4v) is 2.55. The Morgan fingerprint density at radius 3 is 2.26 bits per heavy atom. The van der Waals surface area contributed by atoms with Gasteiger partial charge in [-0.05, 0) is 19.3 Å². The van der Waals surface area contributed by atoms with Crippen LogP contribution in [0, 0.1) is 0 Å². The first-order valence-corrected chi connectivity index (χ1v) is 7.72. The lowest BCUT2D eigenvalue weighted by Gasteiger charge is -2.22. The maximum Gasteiger partial charge on any atom is 0.306 e. The van der Waals surface area contributed by atoms with Crippen LogP contribution in [-0.4, -0.2) is 35.0 Å². The number of carbonyl (C=O) groups is 1. The summed E-state index contributed by atoms with van der Waals surface area (Å²) in [5.41, 5.74) is 0. The SMILES string of the molecule is O=C1CCCCCCCCCC[C@H]([C@@H](O)CCO)O1. The number of cyclic esters (lactones) is 1. The molecule has 0 radical (unpaired) electrons. The minimum atomic E-state index is -0.737. The highest BCUT2D eigenvalue weighted by atomic mass is 16.6. The van der Waals surface area contributed by atoms with E-state index in [1.165, 1.54) is 25.7 Å². The van der Waals surface area contributed by atoms with Gasteiger partial charge in [-0.2, -0.15) is 0 Å². The minimum Gasteiger partial charge on any atom is -0.460 e. The zero-order valence-corrected chi connectivity index (χ0v) is 11.9. The minimum absolute atomic E-state index is 0.0742. The van der Waals surface area contributed by atoms with Crippen LogP contribution in [0.5, 0.6) is 0 Å². The van der Waals surface area contributed by atoms with E-state index >= 15 is 0 Å². The third kappa shape index (κ3) is 7.53. The van der Waals surface area contributed by atoms with Gasteiger partial charge in [0.15, 0.2) is 0 Å². The molecule has 1 saturated heterocycles. The Labute approximate surface area is 116 Å². The molecule has 0 spiro atoms. The van der Waals surface area contributed by atoms with Crippen molar-refractivity contribution >= 4 is 5.97 Å². The summed E-state index contributed by atoms with van der Waals surface area (Å²) in [6.45, 7) is -0.0742. The molecule has 1 heterocycles. The van der Waals surface area contributed by atoms with Gasteiger partial charge in [-0.25, -0.2) is 0 Å². The van der Waals surface area contributed by atoms with Crippen LogP contribution in [0.1, 0.15) is 70.6 Å². The molecule has 0 aromatic carbocycles. The summed E-state index contributed by atoms with van der Waals surface area (Å²) in [4.78, 5) is 11.7. The van der Waals surface area contributed by atoms with E-state index in [0.29, 0.717) is 12.8 Å². The van der Waals surface area contributed by atoms with Gasteiger partial charge < -0.3 is 14.9 Å². The molecule has 112 valence electrons. The maximum absolute atomic E-state index is 11.7. The number of aliphatic hydroxyl groups is 2. The Morgan fingerprint density at radius 1 is 1.05 bits per heavy atom. The van der Waals surface area contributed by atoms with Crippen molar-refractivity contribution in [1.82, 2.24) is 0 Å². The molecule has 0 amide bonds. The number of aliphatic hydroxyl groups excluding tert-OH is 2. The lowest BCUT2D eigenvalue weighted by molar-refractivity contribution is -0.156. The summed E-state index contributed by atoms with van der Waals surface area (Å²) in [6.07, 6.45) is 9.23. The van der Waals surface area contributed by atoms with Crippen LogP contribution in [0.2, 0.25) is 0 Å². The molecule has 19 heavy (non-hydrogen) atoms. The highest BCUT2D eigenvalue weighted by molar-refractivity contribution is 5.69. The molecular weight excluding hydrogens is 244 g/mol. The fraction of sp³-hybridized carbons (Fsp3) is 0.933. The molecule has 4 heteroatoms. The monoisotopic (exact) mass is 272 g/mol. The summed E-state index contributed by atoms with van der Waals surface area (Å²) in [5.74, 6) is -0.207. The first-order chi connectivity index (χ1) is 9.24. The maximum atomic E-state index is 11.7. The van der Waals surface area contributed by atoms with Gasteiger partial charge in [-0.15, -0.1) is 0 Å². The van der Waals surface area contributed by atoms with Crippen LogP contribution in [0.25, 0.3) is 0 Å². The smallest absolute Gasteiger partial charge is 0.306 e. The average molecular weight is 272 g/mol. The predicted molar refractivity (Wildman–Crippen MR) is 73.8 cm³/mol. The van der Waals surface area contributed by atoms with E-state index in [1.54, 1.807) is 0 Å². The van der Waals surface area contributed by atoms with E-state index < -0.39 is 12.2 Å². The third-order valence-corrected chi connectivity index (χ3v) is 3.76. The van der Waals surface area contributed by atoms with Gasteiger partial charge in [0.25, 0.3) is 0 Å². The van der Waals surface area contributed by atoms with Gasteiger partial charge in [0.2, 0.25) is 0 Å². The highest BCUT2D eigenvalue weighted by Crippen LogP contribution is 2.18. The third-order valence-electron chi connectivity index (χ3n) is 3.76. The quantitative estimate of drug-likeness (QED) is 0.775. The Morgan fingerprint density at radius 2 is 1.63 bits per heavy atom. The van der Waals surface area contributed by atoms with E-state index in [1.807, 2.05) is 0 Å². The molecule has 0 saturated carbocycles. The number of rotatable bonds is 3. The topological polar surface area (TPSA) is 66.8 Å². The molecule has 1 fully saturated rings. The highest BCUT2D eigenvalue weighted by Gasteiger charge is 2.22. The molecule has 4 nitrogen and oxygen atoms in total. The average Bonchev–Trinajstić information content (AvgIpc) is 2.40. The fourth-order valence-electron chi connectivity index (χ4n) is 2.55. The van der Waals surface area contributed by atoms with Crippen molar-refractivity contribution in [3.05, 3.63) is 0 Å². The normalized spacial score (nSPS) is 25.6. The van der Waals surface area contributed by atoms with Crippen molar-refractivity contribution in [2.75, 3.05) is 6.61 Å². The van der Waals surface area contributed by atoms with Crippen LogP contribution in [-0.2, 0) is 9.53 Å². The summed E-state index contributed by atoms with van der Waals surface area (Å²) < 4.78 is 5.38. The van der Waals surface area contributed by atoms with Crippen molar-refractivity contribution in [2.24, 2.45) is 0 Å². The zero-order chi connectivity index (χ0) is 13.9. The van der Waals surface area contributed by atoms with Gasteiger partial charge in [0.05, 0.1) is 6.10 Å². The molecule has 1 rings (SSSR count). The van der Waals surface area contributed by atoms with Crippen molar-refractivity contribution in [3.63, 3.8) is 0 Å². The zero-order valence-electron chi connectivity index (χ0n) is 11.9. The van der Waals surface area contributed by atoms with E-state index in [0.717, 1.165) is 25.7 Å². The molecule has 0 aromatic rings. The summed E-state index contributed by atoms with van der Waals surface area (Å²) in [6, 6.07) is 0. The van der Waals surface area contributed by atoms with Gasteiger partial charge in [0, 0.05) is 19.4 Å². The molecule has 0 bridgehead atoms. The molecule has 2 atom stereocenters. The van der Waals surface area contributed by atoms with E-state index in [-0.39, 0.29) is 19.0 Å². The number of hydrogen-bond donors (Lipinski definition) is 2. The van der Waals surface area contributed by atoms with Crippen LogP contribution in [0.4, 0.5) is 0 Å². The second-order valence-electron chi connectivity index (χ2n) is 5.48. The van der Waals surface area contributed by atoms with Gasteiger partial charge >= 0.3 is 5.97 Å².